The van der Waals surface area contributed by atoms with Gasteiger partial charge < -0.3 is 10.1 Å². The molecule has 0 radical (unpaired) electrons. The minimum atomic E-state index is -4.86. The zero-order valence-electron chi connectivity index (χ0n) is 17.9. The van der Waals surface area contributed by atoms with Crippen molar-refractivity contribution < 1.29 is 31.1 Å². The average molecular weight is 472 g/mol. The zero-order valence-corrected chi connectivity index (χ0v) is 18.7. The molecule has 0 spiro atoms. The molecule has 1 N–H and O–H groups in total. The highest BCUT2D eigenvalue weighted by Crippen LogP contribution is 2.29. The summed E-state index contributed by atoms with van der Waals surface area (Å²) in [5, 5.41) is 2.61. The second kappa shape index (κ2) is 8.97. The number of carbonyl (C=O) groups excluding carboxylic acids is 1. The lowest BCUT2D eigenvalue weighted by atomic mass is 10.1. The molecule has 0 bridgehead atoms. The Morgan fingerprint density at radius 1 is 1.22 bits per heavy atom. The lowest BCUT2D eigenvalue weighted by Crippen LogP contribution is -2.27. The summed E-state index contributed by atoms with van der Waals surface area (Å²) in [6.45, 7) is 5.49. The molecule has 0 atom stereocenters. The molecule has 11 heteroatoms. The van der Waals surface area contributed by atoms with Crippen LogP contribution < -0.4 is 14.4 Å². The van der Waals surface area contributed by atoms with Gasteiger partial charge in [-0.05, 0) is 56.0 Å². The Hall–Kier alpha value is -2.82. The number of benzene rings is 1. The van der Waals surface area contributed by atoms with Crippen molar-refractivity contribution in [3.05, 3.63) is 46.6 Å². The highest BCUT2D eigenvalue weighted by molar-refractivity contribution is 7.93. The number of alkyl halides is 3. The predicted octanol–water partition coefficient (Wildman–Crippen LogP) is 4.34. The van der Waals surface area contributed by atoms with Gasteiger partial charge in [0.25, 0.3) is 5.91 Å². The maximum atomic E-state index is 13.0. The van der Waals surface area contributed by atoms with Gasteiger partial charge in [0.15, 0.2) is 0 Å². The fourth-order valence-corrected chi connectivity index (χ4v) is 5.04. The molecule has 174 valence electrons. The molecule has 0 aliphatic carbocycles. The van der Waals surface area contributed by atoms with Gasteiger partial charge in [-0.1, -0.05) is 13.3 Å². The molecule has 2 heterocycles. The molecule has 32 heavy (non-hydrogen) atoms. The summed E-state index contributed by atoms with van der Waals surface area (Å²) >= 11 is 0. The van der Waals surface area contributed by atoms with E-state index < -0.39 is 28.0 Å². The Morgan fingerprint density at radius 3 is 2.53 bits per heavy atom. The molecular weight excluding hydrogens is 447 g/mol. The molecule has 0 saturated carbocycles. The van der Waals surface area contributed by atoms with E-state index in [-0.39, 0.29) is 29.4 Å². The van der Waals surface area contributed by atoms with E-state index in [1.54, 1.807) is 19.9 Å². The molecule has 1 aliphatic rings. The summed E-state index contributed by atoms with van der Waals surface area (Å²) in [6.07, 6.45) is -3.20. The number of amides is 1. The SMILES string of the molecule is CCCc1cc(NC(=O)c2cc(N3CCCS3(=O)=O)nc(C)c2C)cc(OC(F)(F)F)c1. The molecule has 7 nitrogen and oxygen atoms in total. The van der Waals surface area contributed by atoms with Crippen molar-refractivity contribution in [3.8, 4) is 5.75 Å². The molecule has 0 unspecified atom stereocenters. The quantitative estimate of drug-likeness (QED) is 0.677. The third-order valence-electron chi connectivity index (χ3n) is 5.10. The number of hydrogen-bond donors (Lipinski definition) is 1. The van der Waals surface area contributed by atoms with Crippen molar-refractivity contribution >= 4 is 27.4 Å². The van der Waals surface area contributed by atoms with Crippen LogP contribution in [0.25, 0.3) is 0 Å². The first-order valence-electron chi connectivity index (χ1n) is 10.1. The van der Waals surface area contributed by atoms with Crippen LogP contribution in [0.1, 0.15) is 46.9 Å². The van der Waals surface area contributed by atoms with E-state index in [4.69, 9.17) is 0 Å². The third-order valence-corrected chi connectivity index (χ3v) is 6.94. The number of rotatable bonds is 6. The number of nitrogens with one attached hydrogen (secondary N) is 1. The second-order valence-electron chi connectivity index (χ2n) is 7.60. The lowest BCUT2D eigenvalue weighted by Gasteiger charge is -2.19. The van der Waals surface area contributed by atoms with Gasteiger partial charge in [-0.25, -0.2) is 13.4 Å². The molecule has 3 rings (SSSR count). The molecule has 2 aromatic rings. The number of sulfonamides is 1. The van der Waals surface area contributed by atoms with Crippen molar-refractivity contribution in [1.29, 1.82) is 0 Å². The van der Waals surface area contributed by atoms with Crippen LogP contribution in [0.15, 0.2) is 24.3 Å². The number of nitrogens with zero attached hydrogens (tertiary/aromatic N) is 2. The summed E-state index contributed by atoms with van der Waals surface area (Å²) in [7, 11) is -3.49. The van der Waals surface area contributed by atoms with Crippen molar-refractivity contribution in [2.24, 2.45) is 0 Å². The van der Waals surface area contributed by atoms with E-state index in [9.17, 15) is 26.4 Å². The van der Waals surface area contributed by atoms with Gasteiger partial charge >= 0.3 is 6.36 Å². The van der Waals surface area contributed by atoms with Crippen LogP contribution in [0, 0.1) is 13.8 Å². The van der Waals surface area contributed by atoms with Gasteiger partial charge in [0.1, 0.15) is 11.6 Å². The highest BCUT2D eigenvalue weighted by atomic mass is 32.2. The Balaban J connectivity index is 1.94. The molecule has 1 saturated heterocycles. The number of aromatic nitrogens is 1. The van der Waals surface area contributed by atoms with E-state index in [1.807, 2.05) is 6.92 Å². The second-order valence-corrected chi connectivity index (χ2v) is 9.61. The first kappa shape index (κ1) is 23.8. The Morgan fingerprint density at radius 2 is 1.94 bits per heavy atom. The maximum absolute atomic E-state index is 13.0. The monoisotopic (exact) mass is 471 g/mol. The number of halogens is 3. The fraction of sp³-hybridized carbons (Fsp3) is 0.429. The fourth-order valence-electron chi connectivity index (χ4n) is 3.54. The third kappa shape index (κ3) is 5.50. The predicted molar refractivity (Wildman–Crippen MR) is 115 cm³/mol. The Bertz CT molecular complexity index is 1130. The van der Waals surface area contributed by atoms with Gasteiger partial charge in [0.2, 0.25) is 10.0 Å². The van der Waals surface area contributed by atoms with E-state index in [2.05, 4.69) is 15.0 Å². The average Bonchev–Trinajstić information content (AvgIpc) is 3.01. The van der Waals surface area contributed by atoms with Crippen molar-refractivity contribution in [2.75, 3.05) is 21.9 Å². The summed E-state index contributed by atoms with van der Waals surface area (Å²) < 4.78 is 67.8. The number of anilines is 2. The zero-order chi connectivity index (χ0) is 23.7. The Kier molecular flexibility index (Phi) is 6.68. The molecule has 1 amide bonds. The number of aryl methyl sites for hydroxylation is 2. The molecule has 1 fully saturated rings. The van der Waals surface area contributed by atoms with Crippen molar-refractivity contribution in [2.45, 2.75) is 46.4 Å². The number of ether oxygens (including phenoxy) is 1. The standard InChI is InChI=1S/C21H24F3N3O4S/c1-4-6-15-9-16(11-17(10-15)31-21(22,23)24)26-20(28)18-12-19(25-14(3)13(18)2)27-7-5-8-32(27,29)30/h9-12H,4-8H2,1-3H3,(H,26,28). The first-order valence-corrected chi connectivity index (χ1v) is 11.7. The van der Waals surface area contributed by atoms with Crippen LogP contribution in [-0.2, 0) is 16.4 Å². The molecule has 1 aromatic carbocycles. The van der Waals surface area contributed by atoms with E-state index >= 15 is 0 Å². The van der Waals surface area contributed by atoms with Gasteiger partial charge in [0, 0.05) is 29.6 Å². The smallest absolute Gasteiger partial charge is 0.406 e. The molecule has 1 aliphatic heterocycles. The number of hydrogen-bond acceptors (Lipinski definition) is 5. The first-order chi connectivity index (χ1) is 14.9. The van der Waals surface area contributed by atoms with Gasteiger partial charge in [-0.15, -0.1) is 13.2 Å². The normalized spacial score (nSPS) is 15.6. The van der Waals surface area contributed by atoms with Gasteiger partial charge in [-0.2, -0.15) is 0 Å². The lowest BCUT2D eigenvalue weighted by molar-refractivity contribution is -0.274. The summed E-state index contributed by atoms with van der Waals surface area (Å²) in [6, 6.07) is 5.36. The number of pyridine rings is 1. The largest absolute Gasteiger partial charge is 0.573 e. The van der Waals surface area contributed by atoms with Crippen LogP contribution in [-0.4, -0.2) is 38.0 Å². The summed E-state index contributed by atoms with van der Waals surface area (Å²) in [4.78, 5) is 17.3. The van der Waals surface area contributed by atoms with Gasteiger partial charge in [-0.3, -0.25) is 9.10 Å². The maximum Gasteiger partial charge on any atom is 0.573 e. The van der Waals surface area contributed by atoms with Crippen LogP contribution >= 0.6 is 0 Å². The van der Waals surface area contributed by atoms with Crippen LogP contribution in [0.3, 0.4) is 0 Å². The summed E-state index contributed by atoms with van der Waals surface area (Å²) in [5.74, 6) is -0.853. The van der Waals surface area contributed by atoms with E-state index in [0.29, 0.717) is 36.1 Å². The summed E-state index contributed by atoms with van der Waals surface area (Å²) in [5.41, 5.74) is 1.93. The van der Waals surface area contributed by atoms with Crippen molar-refractivity contribution in [1.82, 2.24) is 4.98 Å². The number of carbonyl (C=O) groups is 1. The minimum Gasteiger partial charge on any atom is -0.406 e. The van der Waals surface area contributed by atoms with E-state index in [1.165, 1.54) is 16.4 Å². The van der Waals surface area contributed by atoms with E-state index in [0.717, 1.165) is 6.07 Å². The van der Waals surface area contributed by atoms with Crippen LogP contribution in [0.4, 0.5) is 24.7 Å². The van der Waals surface area contributed by atoms with Gasteiger partial charge in [0.05, 0.1) is 5.75 Å². The van der Waals surface area contributed by atoms with Crippen LogP contribution in [0.2, 0.25) is 0 Å². The Labute approximate surface area is 184 Å². The van der Waals surface area contributed by atoms with Crippen molar-refractivity contribution in [3.63, 3.8) is 0 Å². The topological polar surface area (TPSA) is 88.6 Å². The highest BCUT2D eigenvalue weighted by Gasteiger charge is 2.32. The molecular formula is C21H24F3N3O4S. The molecule has 1 aromatic heterocycles. The minimum absolute atomic E-state index is 0.00926. The van der Waals surface area contributed by atoms with Crippen LogP contribution in [0.5, 0.6) is 5.75 Å².